The first-order valence-electron chi connectivity index (χ1n) is 8.60. The van der Waals surface area contributed by atoms with Gasteiger partial charge in [-0.3, -0.25) is 4.79 Å². The molecule has 2 aromatic carbocycles. The number of amides is 1. The first kappa shape index (κ1) is 19.6. The van der Waals surface area contributed by atoms with Gasteiger partial charge >= 0.3 is 0 Å². The number of nitrogens with one attached hydrogen (secondary N) is 1. The maximum atomic E-state index is 12.9. The highest BCUT2D eigenvalue weighted by atomic mass is 19.1. The van der Waals surface area contributed by atoms with Crippen molar-refractivity contribution in [3.05, 3.63) is 53.8 Å². The lowest BCUT2D eigenvalue weighted by molar-refractivity contribution is -0.123. The van der Waals surface area contributed by atoms with Crippen molar-refractivity contribution in [1.29, 1.82) is 0 Å². The summed E-state index contributed by atoms with van der Waals surface area (Å²) in [6.45, 7) is 6.61. The van der Waals surface area contributed by atoms with Gasteiger partial charge in [0.1, 0.15) is 11.6 Å². The molecule has 0 saturated carbocycles. The van der Waals surface area contributed by atoms with E-state index in [9.17, 15) is 9.18 Å². The molecule has 0 spiro atoms. The van der Waals surface area contributed by atoms with Crippen molar-refractivity contribution in [3.63, 3.8) is 0 Å². The molecule has 0 aliphatic rings. The van der Waals surface area contributed by atoms with Gasteiger partial charge in [-0.25, -0.2) is 4.39 Å². The Morgan fingerprint density at radius 3 is 2.31 bits per heavy atom. The fourth-order valence-corrected chi connectivity index (χ4v) is 2.38. The van der Waals surface area contributed by atoms with Crippen LogP contribution in [-0.4, -0.2) is 25.7 Å². The van der Waals surface area contributed by atoms with E-state index in [1.807, 2.05) is 39.0 Å². The van der Waals surface area contributed by atoms with Crippen molar-refractivity contribution in [2.75, 3.05) is 19.8 Å². The lowest BCUT2D eigenvalue weighted by Crippen LogP contribution is -2.31. The van der Waals surface area contributed by atoms with E-state index >= 15 is 0 Å². The molecule has 0 aromatic heterocycles. The van der Waals surface area contributed by atoms with Gasteiger partial charge in [-0.1, -0.05) is 6.07 Å². The normalized spacial score (nSPS) is 11.5. The van der Waals surface area contributed by atoms with E-state index in [1.54, 1.807) is 0 Å². The summed E-state index contributed by atoms with van der Waals surface area (Å²) in [6.07, 6.45) is 0. The average Bonchev–Trinajstić information content (AvgIpc) is 2.63. The third-order valence-corrected chi connectivity index (χ3v) is 3.63. The highest BCUT2D eigenvalue weighted by Gasteiger charge is 2.13. The van der Waals surface area contributed by atoms with Crippen molar-refractivity contribution in [3.8, 4) is 17.2 Å². The van der Waals surface area contributed by atoms with Crippen molar-refractivity contribution < 1.29 is 23.4 Å². The molecule has 26 heavy (non-hydrogen) atoms. The van der Waals surface area contributed by atoms with Crippen LogP contribution >= 0.6 is 0 Å². The van der Waals surface area contributed by atoms with E-state index in [2.05, 4.69) is 5.32 Å². The number of hydrogen-bond acceptors (Lipinski definition) is 4. The van der Waals surface area contributed by atoms with Crippen LogP contribution in [0.25, 0.3) is 0 Å². The summed E-state index contributed by atoms with van der Waals surface area (Å²) < 4.78 is 29.4. The standard InChI is InChI=1S/C20H24FNO4/c1-4-24-18-11-6-15(12-19(18)25-5-2)14(3)22-20(23)13-26-17-9-7-16(21)8-10-17/h6-12,14H,4-5,13H2,1-3H3,(H,22,23)/t14-/m1/s1. The van der Waals surface area contributed by atoms with Crippen molar-refractivity contribution in [1.82, 2.24) is 5.32 Å². The number of benzene rings is 2. The summed E-state index contributed by atoms with van der Waals surface area (Å²) in [4.78, 5) is 12.1. The zero-order valence-corrected chi connectivity index (χ0v) is 15.3. The molecule has 5 nitrogen and oxygen atoms in total. The van der Waals surface area contributed by atoms with Crippen LogP contribution in [0.2, 0.25) is 0 Å². The van der Waals surface area contributed by atoms with Gasteiger partial charge in [0, 0.05) is 0 Å². The van der Waals surface area contributed by atoms with Crippen LogP contribution in [0.1, 0.15) is 32.4 Å². The van der Waals surface area contributed by atoms with Crippen molar-refractivity contribution >= 4 is 5.91 Å². The minimum absolute atomic E-state index is 0.148. The first-order chi connectivity index (χ1) is 12.5. The van der Waals surface area contributed by atoms with E-state index in [-0.39, 0.29) is 24.4 Å². The smallest absolute Gasteiger partial charge is 0.258 e. The quantitative estimate of drug-likeness (QED) is 0.736. The number of halogens is 1. The maximum absolute atomic E-state index is 12.9. The molecule has 140 valence electrons. The van der Waals surface area contributed by atoms with Gasteiger partial charge in [0.15, 0.2) is 18.1 Å². The Morgan fingerprint density at radius 1 is 1.00 bits per heavy atom. The molecule has 6 heteroatoms. The highest BCUT2D eigenvalue weighted by molar-refractivity contribution is 5.78. The van der Waals surface area contributed by atoms with E-state index < -0.39 is 0 Å². The van der Waals surface area contributed by atoms with Gasteiger partial charge in [0.05, 0.1) is 19.3 Å². The maximum Gasteiger partial charge on any atom is 0.258 e. The summed E-state index contributed by atoms with van der Waals surface area (Å²) in [5.74, 6) is 1.14. The molecule has 0 bridgehead atoms. The summed E-state index contributed by atoms with van der Waals surface area (Å²) in [5, 5.41) is 2.86. The Morgan fingerprint density at radius 2 is 1.65 bits per heavy atom. The van der Waals surface area contributed by atoms with Crippen molar-refractivity contribution in [2.45, 2.75) is 26.8 Å². The molecule has 2 aromatic rings. The molecule has 0 unspecified atom stereocenters. The van der Waals surface area contributed by atoms with Crippen LogP contribution in [0.15, 0.2) is 42.5 Å². The van der Waals surface area contributed by atoms with Gasteiger partial charge in [-0.05, 0) is 62.7 Å². The lowest BCUT2D eigenvalue weighted by Gasteiger charge is -2.17. The molecule has 1 N–H and O–H groups in total. The highest BCUT2D eigenvalue weighted by Crippen LogP contribution is 2.30. The van der Waals surface area contributed by atoms with Gasteiger partial charge in [-0.2, -0.15) is 0 Å². The molecular weight excluding hydrogens is 337 g/mol. The molecule has 0 radical (unpaired) electrons. The Labute approximate surface area is 153 Å². The van der Waals surface area contributed by atoms with Gasteiger partial charge < -0.3 is 19.5 Å². The number of ether oxygens (including phenoxy) is 3. The molecule has 1 atom stereocenters. The van der Waals surface area contributed by atoms with Crippen molar-refractivity contribution in [2.24, 2.45) is 0 Å². The van der Waals surface area contributed by atoms with Gasteiger partial charge in [0.2, 0.25) is 0 Å². The number of carbonyl (C=O) groups is 1. The largest absolute Gasteiger partial charge is 0.490 e. The third kappa shape index (κ3) is 5.65. The molecule has 0 aliphatic carbocycles. The molecule has 1 amide bonds. The SMILES string of the molecule is CCOc1ccc([C@@H](C)NC(=O)COc2ccc(F)cc2)cc1OCC. The average molecular weight is 361 g/mol. The predicted octanol–water partition coefficient (Wildman–Crippen LogP) is 3.88. The minimum atomic E-state index is -0.351. The van der Waals surface area contributed by atoms with Gasteiger partial charge in [0.25, 0.3) is 5.91 Å². The molecule has 0 heterocycles. The second kappa shape index (κ2) is 9.65. The predicted molar refractivity (Wildman–Crippen MR) is 97.2 cm³/mol. The van der Waals surface area contributed by atoms with Crippen LogP contribution in [0.3, 0.4) is 0 Å². The molecule has 0 fully saturated rings. The molecule has 2 rings (SSSR count). The van der Waals surface area contributed by atoms with Crippen LogP contribution < -0.4 is 19.5 Å². The number of carbonyl (C=O) groups excluding carboxylic acids is 1. The summed E-state index contributed by atoms with van der Waals surface area (Å²) in [5.41, 5.74) is 0.895. The Balaban J connectivity index is 1.95. The second-order valence-corrected chi connectivity index (χ2v) is 5.60. The monoisotopic (exact) mass is 361 g/mol. The third-order valence-electron chi connectivity index (χ3n) is 3.63. The van der Waals surface area contributed by atoms with Crippen LogP contribution in [0, 0.1) is 5.82 Å². The fraction of sp³-hybridized carbons (Fsp3) is 0.350. The summed E-state index contributed by atoms with van der Waals surface area (Å²) in [6, 6.07) is 10.9. The van der Waals surface area contributed by atoms with Gasteiger partial charge in [-0.15, -0.1) is 0 Å². The van der Waals surface area contributed by atoms with E-state index in [1.165, 1.54) is 24.3 Å². The van der Waals surface area contributed by atoms with E-state index in [0.29, 0.717) is 30.5 Å². The minimum Gasteiger partial charge on any atom is -0.490 e. The molecule has 0 aliphatic heterocycles. The first-order valence-corrected chi connectivity index (χ1v) is 8.60. The Kier molecular flexibility index (Phi) is 7.26. The summed E-state index contributed by atoms with van der Waals surface area (Å²) >= 11 is 0. The van der Waals surface area contributed by atoms with Crippen LogP contribution in [-0.2, 0) is 4.79 Å². The Bertz CT molecular complexity index is 718. The zero-order chi connectivity index (χ0) is 18.9. The molecule has 0 saturated heterocycles. The summed E-state index contributed by atoms with van der Waals surface area (Å²) in [7, 11) is 0. The Hall–Kier alpha value is -2.76. The zero-order valence-electron chi connectivity index (χ0n) is 15.3. The fourth-order valence-electron chi connectivity index (χ4n) is 2.38. The van der Waals surface area contributed by atoms with E-state index in [0.717, 1.165) is 5.56 Å². The van der Waals surface area contributed by atoms with Crippen LogP contribution in [0.4, 0.5) is 4.39 Å². The number of hydrogen-bond donors (Lipinski definition) is 1. The molecular formula is C20H24FNO4. The van der Waals surface area contributed by atoms with Crippen LogP contribution in [0.5, 0.6) is 17.2 Å². The second-order valence-electron chi connectivity index (χ2n) is 5.60. The van der Waals surface area contributed by atoms with E-state index in [4.69, 9.17) is 14.2 Å². The number of rotatable bonds is 9. The topological polar surface area (TPSA) is 56.8 Å². The lowest BCUT2D eigenvalue weighted by atomic mass is 10.1.